The number of fused-ring (bicyclic) bond motifs is 3. The van der Waals surface area contributed by atoms with Gasteiger partial charge in [-0.25, -0.2) is 0 Å². The SMILES string of the molecule is c1ccc2c(c1)CCC1OC21. The highest BCUT2D eigenvalue weighted by atomic mass is 16.6. The first-order chi connectivity index (χ1) is 5.45. The molecule has 2 unspecified atom stereocenters. The van der Waals surface area contributed by atoms with Crippen molar-refractivity contribution in [2.75, 3.05) is 0 Å². The highest BCUT2D eigenvalue weighted by molar-refractivity contribution is 5.35. The predicted molar refractivity (Wildman–Crippen MR) is 42.4 cm³/mol. The summed E-state index contributed by atoms with van der Waals surface area (Å²) in [5.41, 5.74) is 2.93. The van der Waals surface area contributed by atoms with Crippen LogP contribution in [0, 0.1) is 0 Å². The highest BCUT2D eigenvalue weighted by Crippen LogP contribution is 2.46. The first-order valence-corrected chi connectivity index (χ1v) is 4.18. The molecule has 1 aliphatic heterocycles. The van der Waals surface area contributed by atoms with Gasteiger partial charge in [0.1, 0.15) is 6.10 Å². The summed E-state index contributed by atoms with van der Waals surface area (Å²) in [5.74, 6) is 0. The van der Waals surface area contributed by atoms with E-state index in [-0.39, 0.29) is 0 Å². The van der Waals surface area contributed by atoms with Crippen LogP contribution < -0.4 is 0 Å². The van der Waals surface area contributed by atoms with Gasteiger partial charge in [-0.1, -0.05) is 24.3 Å². The molecule has 1 aliphatic carbocycles. The second kappa shape index (κ2) is 1.86. The van der Waals surface area contributed by atoms with Crippen molar-refractivity contribution in [1.29, 1.82) is 0 Å². The molecule has 0 amide bonds. The molecule has 1 nitrogen and oxygen atoms in total. The summed E-state index contributed by atoms with van der Waals surface area (Å²) in [4.78, 5) is 0. The normalized spacial score (nSPS) is 32.4. The Balaban J connectivity index is 2.14. The third-order valence-electron chi connectivity index (χ3n) is 2.64. The summed E-state index contributed by atoms with van der Waals surface area (Å²) in [6, 6.07) is 8.62. The van der Waals surface area contributed by atoms with Crippen molar-refractivity contribution >= 4 is 0 Å². The molecule has 1 heteroatoms. The summed E-state index contributed by atoms with van der Waals surface area (Å²) in [5, 5.41) is 0. The van der Waals surface area contributed by atoms with Gasteiger partial charge in [0, 0.05) is 0 Å². The van der Waals surface area contributed by atoms with Crippen LogP contribution in [0.15, 0.2) is 24.3 Å². The molecular formula is C10H10O. The Labute approximate surface area is 66.0 Å². The number of hydrogen-bond acceptors (Lipinski definition) is 1. The maximum Gasteiger partial charge on any atom is 0.109 e. The molecular weight excluding hydrogens is 136 g/mol. The van der Waals surface area contributed by atoms with Crippen LogP contribution in [0.25, 0.3) is 0 Å². The smallest absolute Gasteiger partial charge is 0.109 e. The number of rotatable bonds is 0. The fourth-order valence-electron chi connectivity index (χ4n) is 1.97. The molecule has 2 atom stereocenters. The molecule has 0 N–H and O–H groups in total. The molecule has 3 rings (SSSR count). The number of benzene rings is 1. The van der Waals surface area contributed by atoms with E-state index in [0.717, 1.165) is 0 Å². The van der Waals surface area contributed by atoms with Gasteiger partial charge in [0.2, 0.25) is 0 Å². The van der Waals surface area contributed by atoms with Crippen LogP contribution in [0.2, 0.25) is 0 Å². The van der Waals surface area contributed by atoms with Gasteiger partial charge in [-0.15, -0.1) is 0 Å². The van der Waals surface area contributed by atoms with Crippen molar-refractivity contribution < 1.29 is 4.74 Å². The minimum Gasteiger partial charge on any atom is -0.364 e. The molecule has 2 aliphatic rings. The zero-order chi connectivity index (χ0) is 7.26. The quantitative estimate of drug-likeness (QED) is 0.510. The molecule has 56 valence electrons. The van der Waals surface area contributed by atoms with Crippen molar-refractivity contribution in [3.05, 3.63) is 35.4 Å². The second-order valence-electron chi connectivity index (χ2n) is 3.33. The van der Waals surface area contributed by atoms with Gasteiger partial charge in [-0.3, -0.25) is 0 Å². The standard InChI is InChI=1S/C10H10O/c1-2-4-8-7(3-1)5-6-9-10(8)11-9/h1-4,9-10H,5-6H2. The van der Waals surface area contributed by atoms with Crippen molar-refractivity contribution in [1.82, 2.24) is 0 Å². The lowest BCUT2D eigenvalue weighted by molar-refractivity contribution is 0.373. The lowest BCUT2D eigenvalue weighted by atomic mass is 9.92. The van der Waals surface area contributed by atoms with Gasteiger partial charge >= 0.3 is 0 Å². The minimum absolute atomic E-state index is 0.458. The Morgan fingerprint density at radius 3 is 3.18 bits per heavy atom. The molecule has 1 aromatic carbocycles. The summed E-state index contributed by atoms with van der Waals surface area (Å²) in [6.07, 6.45) is 3.45. The maximum atomic E-state index is 5.50. The first-order valence-electron chi connectivity index (χ1n) is 4.18. The van der Waals surface area contributed by atoms with E-state index in [1.807, 2.05) is 0 Å². The van der Waals surface area contributed by atoms with Crippen LogP contribution in [0.1, 0.15) is 23.7 Å². The van der Waals surface area contributed by atoms with Crippen LogP contribution in [-0.2, 0) is 11.2 Å². The summed E-state index contributed by atoms with van der Waals surface area (Å²) in [7, 11) is 0. The average Bonchev–Trinajstić information content (AvgIpc) is 2.83. The number of ether oxygens (including phenoxy) is 1. The number of epoxide rings is 1. The van der Waals surface area contributed by atoms with Crippen LogP contribution in [-0.4, -0.2) is 6.10 Å². The van der Waals surface area contributed by atoms with E-state index in [1.54, 1.807) is 0 Å². The summed E-state index contributed by atoms with van der Waals surface area (Å²) < 4.78 is 5.50. The fourth-order valence-corrected chi connectivity index (χ4v) is 1.97. The molecule has 0 radical (unpaired) electrons. The Bertz CT molecular complexity index is 293. The van der Waals surface area contributed by atoms with Crippen molar-refractivity contribution in [3.8, 4) is 0 Å². The third kappa shape index (κ3) is 0.746. The Morgan fingerprint density at radius 1 is 1.27 bits per heavy atom. The molecule has 1 aromatic rings. The number of aryl methyl sites for hydroxylation is 1. The van der Waals surface area contributed by atoms with Crippen molar-refractivity contribution in [3.63, 3.8) is 0 Å². The van der Waals surface area contributed by atoms with E-state index in [2.05, 4.69) is 24.3 Å². The summed E-state index contributed by atoms with van der Waals surface area (Å²) in [6.45, 7) is 0. The molecule has 0 spiro atoms. The summed E-state index contributed by atoms with van der Waals surface area (Å²) >= 11 is 0. The van der Waals surface area contributed by atoms with Gasteiger partial charge in [-0.05, 0) is 24.0 Å². The van der Waals surface area contributed by atoms with E-state index in [1.165, 1.54) is 24.0 Å². The van der Waals surface area contributed by atoms with Gasteiger partial charge < -0.3 is 4.74 Å². The Kier molecular flexibility index (Phi) is 0.977. The molecule has 0 aromatic heterocycles. The molecule has 1 saturated heterocycles. The first kappa shape index (κ1) is 5.78. The van der Waals surface area contributed by atoms with Crippen molar-refractivity contribution in [2.45, 2.75) is 25.0 Å². The minimum atomic E-state index is 0.458. The third-order valence-corrected chi connectivity index (χ3v) is 2.64. The van der Waals surface area contributed by atoms with Gasteiger partial charge in [-0.2, -0.15) is 0 Å². The van der Waals surface area contributed by atoms with Crippen LogP contribution >= 0.6 is 0 Å². The zero-order valence-corrected chi connectivity index (χ0v) is 6.29. The molecule has 0 bridgehead atoms. The average molecular weight is 146 g/mol. The molecule has 1 fully saturated rings. The Hall–Kier alpha value is -0.820. The van der Waals surface area contributed by atoms with E-state index in [9.17, 15) is 0 Å². The molecule has 11 heavy (non-hydrogen) atoms. The molecule has 1 heterocycles. The molecule has 0 saturated carbocycles. The highest BCUT2D eigenvalue weighted by Gasteiger charge is 2.43. The lowest BCUT2D eigenvalue weighted by Gasteiger charge is -2.09. The van der Waals surface area contributed by atoms with Crippen LogP contribution in [0.5, 0.6) is 0 Å². The van der Waals surface area contributed by atoms with Gasteiger partial charge in [0.25, 0.3) is 0 Å². The van der Waals surface area contributed by atoms with Gasteiger partial charge in [0.15, 0.2) is 0 Å². The van der Waals surface area contributed by atoms with E-state index < -0.39 is 0 Å². The zero-order valence-electron chi connectivity index (χ0n) is 6.29. The maximum absolute atomic E-state index is 5.50. The predicted octanol–water partition coefficient (Wildman–Crippen LogP) is 2.07. The van der Waals surface area contributed by atoms with Gasteiger partial charge in [0.05, 0.1) is 6.10 Å². The van der Waals surface area contributed by atoms with Crippen molar-refractivity contribution in [2.24, 2.45) is 0 Å². The monoisotopic (exact) mass is 146 g/mol. The fraction of sp³-hybridized carbons (Fsp3) is 0.400. The van der Waals surface area contributed by atoms with E-state index in [0.29, 0.717) is 12.2 Å². The number of hydrogen-bond donors (Lipinski definition) is 0. The second-order valence-corrected chi connectivity index (χ2v) is 3.33. The largest absolute Gasteiger partial charge is 0.364 e. The topological polar surface area (TPSA) is 12.5 Å². The lowest BCUT2D eigenvalue weighted by Crippen LogP contribution is -2.03. The van der Waals surface area contributed by atoms with E-state index in [4.69, 9.17) is 4.74 Å². The van der Waals surface area contributed by atoms with Crippen LogP contribution in [0.4, 0.5) is 0 Å². The Morgan fingerprint density at radius 2 is 2.18 bits per heavy atom. The van der Waals surface area contributed by atoms with E-state index >= 15 is 0 Å². The van der Waals surface area contributed by atoms with Crippen LogP contribution in [0.3, 0.4) is 0 Å².